The summed E-state index contributed by atoms with van der Waals surface area (Å²) in [5.74, 6) is -0.388. The number of ether oxygens (including phenoxy) is 2. The Balaban J connectivity index is 1.56. The maximum Gasteiger partial charge on any atom is 0.573 e. The molecule has 2 aliphatic heterocycles. The highest BCUT2D eigenvalue weighted by atomic mass is 19.4. The van der Waals surface area contributed by atoms with Gasteiger partial charge in [0.25, 0.3) is 0 Å². The van der Waals surface area contributed by atoms with Gasteiger partial charge in [-0.3, -0.25) is 9.69 Å². The number of hydrogen-bond acceptors (Lipinski definition) is 5. The highest BCUT2D eigenvalue weighted by Crippen LogP contribution is 2.26. The molecule has 8 heteroatoms. The van der Waals surface area contributed by atoms with Gasteiger partial charge in [0.1, 0.15) is 11.8 Å². The molecule has 3 rings (SSSR count). The molecule has 1 aromatic carbocycles. The molecule has 0 radical (unpaired) electrons. The Labute approximate surface area is 131 Å². The molecule has 23 heavy (non-hydrogen) atoms. The highest BCUT2D eigenvalue weighted by molar-refractivity contribution is 5.77. The molecule has 0 aliphatic carbocycles. The van der Waals surface area contributed by atoms with Gasteiger partial charge in [-0.15, -0.1) is 13.2 Å². The van der Waals surface area contributed by atoms with E-state index >= 15 is 0 Å². The monoisotopic (exact) mass is 330 g/mol. The summed E-state index contributed by atoms with van der Waals surface area (Å²) in [5, 5.41) is 0. The normalized spacial score (nSPS) is 23.0. The predicted molar refractivity (Wildman–Crippen MR) is 76.3 cm³/mol. The molecule has 0 bridgehead atoms. The van der Waals surface area contributed by atoms with Crippen LogP contribution in [0.4, 0.5) is 18.9 Å². The Kier molecular flexibility index (Phi) is 4.34. The molecule has 1 unspecified atom stereocenters. The van der Waals surface area contributed by atoms with Crippen molar-refractivity contribution in [2.75, 3.05) is 37.7 Å². The lowest BCUT2D eigenvalue weighted by molar-refractivity contribution is -0.274. The van der Waals surface area contributed by atoms with Crippen LogP contribution in [-0.4, -0.2) is 56.1 Å². The molecule has 0 aromatic heterocycles. The van der Waals surface area contributed by atoms with E-state index in [1.807, 2.05) is 0 Å². The van der Waals surface area contributed by atoms with Gasteiger partial charge >= 0.3 is 12.3 Å². The van der Waals surface area contributed by atoms with E-state index in [2.05, 4.69) is 14.5 Å². The van der Waals surface area contributed by atoms with Crippen molar-refractivity contribution in [3.8, 4) is 5.75 Å². The second-order valence-corrected chi connectivity index (χ2v) is 5.54. The zero-order valence-electron chi connectivity index (χ0n) is 12.4. The molecule has 0 saturated carbocycles. The van der Waals surface area contributed by atoms with Crippen molar-refractivity contribution >= 4 is 11.7 Å². The molecule has 2 heterocycles. The maximum atomic E-state index is 12.1. The number of piperazine rings is 1. The number of benzene rings is 1. The Morgan fingerprint density at radius 2 is 1.74 bits per heavy atom. The van der Waals surface area contributed by atoms with Crippen molar-refractivity contribution in [3.05, 3.63) is 24.3 Å². The van der Waals surface area contributed by atoms with Gasteiger partial charge in [0.05, 0.1) is 6.61 Å². The largest absolute Gasteiger partial charge is 0.573 e. The summed E-state index contributed by atoms with van der Waals surface area (Å²) in [7, 11) is 0. The number of hydrogen-bond donors (Lipinski definition) is 0. The SMILES string of the molecule is O=C1OCCC1N1CCN(c2ccc(OC(F)(F)F)cc2)CC1. The van der Waals surface area contributed by atoms with E-state index in [1.165, 1.54) is 12.1 Å². The zero-order chi connectivity index (χ0) is 16.4. The second kappa shape index (κ2) is 6.27. The third-order valence-electron chi connectivity index (χ3n) is 4.10. The average molecular weight is 330 g/mol. The van der Waals surface area contributed by atoms with Crippen LogP contribution in [0.3, 0.4) is 0 Å². The molecule has 2 aliphatic rings. The minimum atomic E-state index is -4.68. The summed E-state index contributed by atoms with van der Waals surface area (Å²) < 4.78 is 45.3. The maximum absolute atomic E-state index is 12.1. The van der Waals surface area contributed by atoms with Crippen molar-refractivity contribution < 1.29 is 27.4 Å². The molecular weight excluding hydrogens is 313 g/mol. The van der Waals surface area contributed by atoms with Gasteiger partial charge < -0.3 is 14.4 Å². The van der Waals surface area contributed by atoms with Crippen LogP contribution in [0.25, 0.3) is 0 Å². The Hall–Kier alpha value is -1.96. The number of cyclic esters (lactones) is 1. The number of nitrogens with zero attached hydrogens (tertiary/aromatic N) is 2. The molecule has 0 spiro atoms. The molecule has 1 aromatic rings. The first-order valence-electron chi connectivity index (χ1n) is 7.44. The first-order valence-corrected chi connectivity index (χ1v) is 7.44. The third kappa shape index (κ3) is 3.87. The Morgan fingerprint density at radius 3 is 2.26 bits per heavy atom. The van der Waals surface area contributed by atoms with Gasteiger partial charge in [-0.1, -0.05) is 0 Å². The van der Waals surface area contributed by atoms with E-state index in [9.17, 15) is 18.0 Å². The predicted octanol–water partition coefficient (Wildman–Crippen LogP) is 2.02. The smallest absolute Gasteiger partial charge is 0.464 e. The lowest BCUT2D eigenvalue weighted by Gasteiger charge is -2.37. The third-order valence-corrected chi connectivity index (χ3v) is 4.10. The van der Waals surface area contributed by atoms with Crippen LogP contribution in [-0.2, 0) is 9.53 Å². The summed E-state index contributed by atoms with van der Waals surface area (Å²) in [6.07, 6.45) is -3.95. The van der Waals surface area contributed by atoms with E-state index in [0.29, 0.717) is 19.7 Å². The van der Waals surface area contributed by atoms with Gasteiger partial charge in [-0.25, -0.2) is 0 Å². The van der Waals surface area contributed by atoms with E-state index in [1.54, 1.807) is 12.1 Å². The lowest BCUT2D eigenvalue weighted by Crippen LogP contribution is -2.51. The molecule has 0 N–H and O–H groups in total. The van der Waals surface area contributed by atoms with Crippen LogP contribution < -0.4 is 9.64 Å². The molecule has 0 amide bonds. The van der Waals surface area contributed by atoms with Gasteiger partial charge in [0, 0.05) is 38.3 Å². The number of esters is 1. The zero-order valence-corrected chi connectivity index (χ0v) is 12.4. The van der Waals surface area contributed by atoms with Gasteiger partial charge in [0.2, 0.25) is 0 Å². The Bertz CT molecular complexity index is 554. The van der Waals surface area contributed by atoms with Crippen LogP contribution in [0.5, 0.6) is 5.75 Å². The van der Waals surface area contributed by atoms with Crippen LogP contribution in [0.15, 0.2) is 24.3 Å². The highest BCUT2D eigenvalue weighted by Gasteiger charge is 2.34. The minimum Gasteiger partial charge on any atom is -0.464 e. The summed E-state index contributed by atoms with van der Waals surface area (Å²) in [5.41, 5.74) is 0.841. The van der Waals surface area contributed by atoms with Crippen LogP contribution in [0.2, 0.25) is 0 Å². The number of rotatable bonds is 3. The number of carbonyl (C=O) groups is 1. The lowest BCUT2D eigenvalue weighted by atomic mass is 10.1. The van der Waals surface area contributed by atoms with Gasteiger partial charge in [-0.05, 0) is 24.3 Å². The quantitative estimate of drug-likeness (QED) is 0.793. The molecule has 2 saturated heterocycles. The van der Waals surface area contributed by atoms with Gasteiger partial charge in [-0.2, -0.15) is 0 Å². The van der Waals surface area contributed by atoms with Crippen molar-refractivity contribution in [1.82, 2.24) is 4.90 Å². The number of anilines is 1. The summed E-state index contributed by atoms with van der Waals surface area (Å²) in [6, 6.07) is 5.69. The summed E-state index contributed by atoms with van der Waals surface area (Å²) in [6.45, 7) is 3.35. The van der Waals surface area contributed by atoms with Crippen molar-refractivity contribution in [2.45, 2.75) is 18.8 Å². The fourth-order valence-corrected chi connectivity index (χ4v) is 2.97. The van der Waals surface area contributed by atoms with E-state index < -0.39 is 6.36 Å². The van der Waals surface area contributed by atoms with Crippen molar-refractivity contribution in [1.29, 1.82) is 0 Å². The second-order valence-electron chi connectivity index (χ2n) is 5.54. The fourth-order valence-electron chi connectivity index (χ4n) is 2.97. The average Bonchev–Trinajstić information content (AvgIpc) is 2.93. The number of halogens is 3. The number of alkyl halides is 3. The first-order chi connectivity index (χ1) is 10.9. The summed E-state index contributed by atoms with van der Waals surface area (Å²) >= 11 is 0. The van der Waals surface area contributed by atoms with Crippen LogP contribution in [0, 0.1) is 0 Å². The molecule has 5 nitrogen and oxygen atoms in total. The van der Waals surface area contributed by atoms with Crippen molar-refractivity contribution in [3.63, 3.8) is 0 Å². The number of carbonyl (C=O) groups excluding carboxylic acids is 1. The topological polar surface area (TPSA) is 42.0 Å². The van der Waals surface area contributed by atoms with Crippen LogP contribution in [0.1, 0.15) is 6.42 Å². The Morgan fingerprint density at radius 1 is 1.09 bits per heavy atom. The van der Waals surface area contributed by atoms with E-state index in [-0.39, 0.29) is 17.8 Å². The minimum absolute atomic E-state index is 0.153. The standard InChI is InChI=1S/C15H17F3N2O3/c16-15(17,18)23-12-3-1-11(2-4-12)19-6-8-20(9-7-19)13-5-10-22-14(13)21/h1-4,13H,5-10H2. The van der Waals surface area contributed by atoms with Crippen molar-refractivity contribution in [2.24, 2.45) is 0 Å². The summed E-state index contributed by atoms with van der Waals surface area (Å²) in [4.78, 5) is 15.8. The van der Waals surface area contributed by atoms with E-state index in [4.69, 9.17) is 4.74 Å². The first kappa shape index (κ1) is 15.9. The molecule has 126 valence electrons. The molecular formula is C15H17F3N2O3. The molecule has 1 atom stereocenters. The van der Waals surface area contributed by atoms with Gasteiger partial charge in [0.15, 0.2) is 0 Å². The molecule has 2 fully saturated rings. The van der Waals surface area contributed by atoms with Crippen LogP contribution >= 0.6 is 0 Å². The fraction of sp³-hybridized carbons (Fsp3) is 0.533. The van der Waals surface area contributed by atoms with E-state index in [0.717, 1.165) is 25.2 Å².